The van der Waals surface area contributed by atoms with E-state index in [1.165, 1.54) is 70.6 Å². The van der Waals surface area contributed by atoms with Crippen LogP contribution in [0.3, 0.4) is 0 Å². The monoisotopic (exact) mass is 652 g/mol. The Morgan fingerprint density at radius 3 is 1.75 bits per heavy atom. The van der Waals surface area contributed by atoms with Gasteiger partial charge in [-0.25, -0.2) is 0 Å². The first-order valence-corrected chi connectivity index (χ1v) is 18.1. The molecule has 0 radical (unpaired) electrons. The van der Waals surface area contributed by atoms with Crippen LogP contribution in [0, 0.1) is 0 Å². The number of ether oxygens (including phenoxy) is 2. The van der Waals surface area contributed by atoms with Gasteiger partial charge in [0, 0.05) is 39.0 Å². The number of hydrogen-bond acceptors (Lipinski definition) is 9. The maximum Gasteiger partial charge on any atom is 0.303 e. The minimum atomic E-state index is -4.67. The zero-order chi connectivity index (χ0) is 32.7. The third-order valence-electron chi connectivity index (χ3n) is 6.97. The van der Waals surface area contributed by atoms with Crippen LogP contribution in [0.15, 0.2) is 0 Å². The van der Waals surface area contributed by atoms with Gasteiger partial charge in [0.15, 0.2) is 0 Å². The SMILES string of the molecule is CCCCCCCCCCCCCCCCOCC(COP(=O)([O-])OCCNC(=O)CCCC(=O)O)OCCCCC(=O)O. The van der Waals surface area contributed by atoms with E-state index in [9.17, 15) is 23.8 Å². The number of amides is 1. The molecule has 2 atom stereocenters. The van der Waals surface area contributed by atoms with Crippen molar-refractivity contribution in [2.24, 2.45) is 0 Å². The molecule has 0 heterocycles. The van der Waals surface area contributed by atoms with Crippen LogP contribution < -0.4 is 10.2 Å². The summed E-state index contributed by atoms with van der Waals surface area (Å²) in [5.74, 6) is -2.28. The van der Waals surface area contributed by atoms with Crippen LogP contribution in [0.5, 0.6) is 0 Å². The molecule has 13 heteroatoms. The fourth-order valence-corrected chi connectivity index (χ4v) is 5.17. The van der Waals surface area contributed by atoms with Crippen LogP contribution >= 0.6 is 7.82 Å². The van der Waals surface area contributed by atoms with Gasteiger partial charge in [-0.2, -0.15) is 0 Å². The lowest BCUT2D eigenvalue weighted by molar-refractivity contribution is -0.228. The van der Waals surface area contributed by atoms with Crippen LogP contribution in [0.1, 0.15) is 135 Å². The molecule has 260 valence electrons. The van der Waals surface area contributed by atoms with Gasteiger partial charge in [-0.05, 0) is 25.7 Å². The molecule has 0 aromatic heterocycles. The van der Waals surface area contributed by atoms with Gasteiger partial charge in [-0.1, -0.05) is 90.4 Å². The summed E-state index contributed by atoms with van der Waals surface area (Å²) in [6.07, 6.45) is 18.1. The van der Waals surface area contributed by atoms with E-state index in [0.717, 1.165) is 19.3 Å². The highest BCUT2D eigenvalue weighted by atomic mass is 31.2. The van der Waals surface area contributed by atoms with Crippen molar-refractivity contribution in [3.05, 3.63) is 0 Å². The van der Waals surface area contributed by atoms with E-state index < -0.39 is 31.8 Å². The van der Waals surface area contributed by atoms with E-state index in [4.69, 9.17) is 28.7 Å². The lowest BCUT2D eigenvalue weighted by Gasteiger charge is -2.26. The van der Waals surface area contributed by atoms with E-state index in [1.54, 1.807) is 0 Å². The summed E-state index contributed by atoms with van der Waals surface area (Å²) in [6, 6.07) is 0. The number of carboxylic acid groups (broad SMARTS) is 2. The first kappa shape index (κ1) is 42.4. The molecule has 0 spiro atoms. The zero-order valence-electron chi connectivity index (χ0n) is 27.0. The Balaban J connectivity index is 4.12. The lowest BCUT2D eigenvalue weighted by Crippen LogP contribution is -2.29. The standard InChI is InChI=1S/C31H60NO11P/c1-2-3-4-5-6-7-8-9-10-11-12-13-14-16-23-40-26-28(41-24-17-15-20-30(34)35)27-43-44(38,39)42-25-22-32-29(33)19-18-21-31(36)37/h28H,2-27H2,1H3,(H,32,33)(H,34,35)(H,36,37)(H,38,39)/p-1. The molecule has 0 rings (SSSR count). The number of rotatable bonds is 34. The Morgan fingerprint density at radius 1 is 0.659 bits per heavy atom. The topological polar surface area (TPSA) is 181 Å². The highest BCUT2D eigenvalue weighted by molar-refractivity contribution is 7.45. The minimum Gasteiger partial charge on any atom is -0.756 e. The Hall–Kier alpha value is -1.56. The number of carboxylic acids is 2. The highest BCUT2D eigenvalue weighted by Crippen LogP contribution is 2.38. The molecule has 0 bridgehead atoms. The van der Waals surface area contributed by atoms with Crippen molar-refractivity contribution >= 4 is 25.7 Å². The van der Waals surface area contributed by atoms with Crippen molar-refractivity contribution in [3.63, 3.8) is 0 Å². The van der Waals surface area contributed by atoms with Crippen molar-refractivity contribution in [1.29, 1.82) is 0 Å². The first-order chi connectivity index (χ1) is 21.2. The summed E-state index contributed by atoms with van der Waals surface area (Å²) >= 11 is 0. The number of phosphoric acid groups is 1. The molecular formula is C31H59NO11P-. The number of aliphatic carboxylic acids is 2. The first-order valence-electron chi connectivity index (χ1n) is 16.7. The number of nitrogens with one attached hydrogen (secondary N) is 1. The maximum atomic E-state index is 12.1. The molecule has 0 aliphatic carbocycles. The van der Waals surface area contributed by atoms with Crippen LogP contribution in [0.4, 0.5) is 0 Å². The van der Waals surface area contributed by atoms with Crippen molar-refractivity contribution in [1.82, 2.24) is 5.32 Å². The van der Waals surface area contributed by atoms with E-state index in [2.05, 4.69) is 12.2 Å². The van der Waals surface area contributed by atoms with Gasteiger partial charge in [-0.15, -0.1) is 0 Å². The molecule has 0 fully saturated rings. The predicted octanol–water partition coefficient (Wildman–Crippen LogP) is 6.00. The molecule has 2 unspecified atom stereocenters. The van der Waals surface area contributed by atoms with Crippen LogP contribution in [0.25, 0.3) is 0 Å². The second-order valence-corrected chi connectivity index (χ2v) is 12.6. The predicted molar refractivity (Wildman–Crippen MR) is 166 cm³/mol. The number of hydrogen-bond donors (Lipinski definition) is 3. The molecule has 0 saturated carbocycles. The van der Waals surface area contributed by atoms with Gasteiger partial charge in [0.25, 0.3) is 7.82 Å². The normalized spacial score (nSPS) is 13.4. The molecule has 0 aromatic carbocycles. The van der Waals surface area contributed by atoms with Gasteiger partial charge in [-0.3, -0.25) is 18.9 Å². The van der Waals surface area contributed by atoms with Gasteiger partial charge >= 0.3 is 11.9 Å². The molecule has 0 aliphatic heterocycles. The molecular weight excluding hydrogens is 593 g/mol. The van der Waals surface area contributed by atoms with Crippen molar-refractivity contribution < 1.29 is 52.6 Å². The van der Waals surface area contributed by atoms with Crippen LogP contribution in [-0.4, -0.2) is 73.7 Å². The summed E-state index contributed by atoms with van der Waals surface area (Å²) in [5.41, 5.74) is 0. The molecule has 0 aliphatic rings. The summed E-state index contributed by atoms with van der Waals surface area (Å²) < 4.78 is 33.3. The largest absolute Gasteiger partial charge is 0.756 e. The van der Waals surface area contributed by atoms with E-state index >= 15 is 0 Å². The van der Waals surface area contributed by atoms with Gasteiger partial charge in [0.2, 0.25) is 5.91 Å². The van der Waals surface area contributed by atoms with Gasteiger partial charge in [0.1, 0.15) is 6.10 Å². The lowest BCUT2D eigenvalue weighted by atomic mass is 10.0. The van der Waals surface area contributed by atoms with E-state index in [-0.39, 0.29) is 58.7 Å². The summed E-state index contributed by atoms with van der Waals surface area (Å²) in [5, 5.41) is 19.8. The fraction of sp³-hybridized carbons (Fsp3) is 0.903. The molecule has 0 saturated heterocycles. The van der Waals surface area contributed by atoms with E-state index in [0.29, 0.717) is 19.4 Å². The average molecular weight is 653 g/mol. The highest BCUT2D eigenvalue weighted by Gasteiger charge is 2.16. The van der Waals surface area contributed by atoms with E-state index in [1.807, 2.05) is 0 Å². The van der Waals surface area contributed by atoms with Crippen molar-refractivity contribution in [2.75, 3.05) is 39.6 Å². The molecule has 1 amide bonds. The molecule has 44 heavy (non-hydrogen) atoms. The number of carbonyl (C=O) groups excluding carboxylic acids is 1. The second kappa shape index (κ2) is 30.1. The molecule has 12 nitrogen and oxygen atoms in total. The zero-order valence-corrected chi connectivity index (χ0v) is 27.9. The third kappa shape index (κ3) is 31.9. The number of carbonyl (C=O) groups is 3. The second-order valence-electron chi connectivity index (χ2n) is 11.2. The number of phosphoric ester groups is 1. The summed E-state index contributed by atoms with van der Waals surface area (Å²) in [6.45, 7) is 2.41. The van der Waals surface area contributed by atoms with Gasteiger partial charge < -0.3 is 38.9 Å². The Morgan fingerprint density at radius 2 is 1.18 bits per heavy atom. The smallest absolute Gasteiger partial charge is 0.303 e. The molecule has 0 aromatic rings. The Bertz CT molecular complexity index is 769. The maximum absolute atomic E-state index is 12.1. The molecule has 3 N–H and O–H groups in total. The van der Waals surface area contributed by atoms with Crippen LogP contribution in [0.2, 0.25) is 0 Å². The summed E-state index contributed by atoms with van der Waals surface area (Å²) in [4.78, 5) is 45.0. The van der Waals surface area contributed by atoms with Crippen molar-refractivity contribution in [3.8, 4) is 0 Å². The third-order valence-corrected chi connectivity index (χ3v) is 7.94. The fourth-order valence-electron chi connectivity index (χ4n) is 4.43. The number of unbranched alkanes of at least 4 members (excludes halogenated alkanes) is 14. The van der Waals surface area contributed by atoms with Crippen LogP contribution in [-0.2, 0) is 37.5 Å². The Kier molecular flexibility index (Phi) is 29.0. The van der Waals surface area contributed by atoms with Gasteiger partial charge in [0.05, 0.1) is 19.8 Å². The van der Waals surface area contributed by atoms with Crippen molar-refractivity contribution in [2.45, 2.75) is 141 Å². The quantitative estimate of drug-likeness (QED) is 0.0548. The minimum absolute atomic E-state index is 0.0165. The Labute approximate surface area is 264 Å². The summed E-state index contributed by atoms with van der Waals surface area (Å²) in [7, 11) is -4.67. The average Bonchev–Trinajstić information content (AvgIpc) is 2.97.